The molecule has 10 nitrogen and oxygen atoms in total. The second-order valence-corrected chi connectivity index (χ2v) is 8.35. The highest BCUT2D eigenvalue weighted by molar-refractivity contribution is 6.02. The fraction of sp³-hybridized carbons (Fsp3) is 0.524. The Bertz CT molecular complexity index is 1000. The number of hydrogen-bond acceptors (Lipinski definition) is 9. The van der Waals surface area contributed by atoms with Gasteiger partial charge in [-0.2, -0.15) is 4.98 Å². The van der Waals surface area contributed by atoms with E-state index in [4.69, 9.17) is 10.1 Å². The molecule has 2 N–H and O–H groups in total. The number of rotatable bonds is 6. The van der Waals surface area contributed by atoms with Crippen molar-refractivity contribution in [2.75, 3.05) is 28.7 Å². The molecule has 164 valence electrons. The molecule has 31 heavy (non-hydrogen) atoms. The first-order chi connectivity index (χ1) is 14.8. The Hall–Kier alpha value is -3.30. The van der Waals surface area contributed by atoms with Crippen LogP contribution in [-0.2, 0) is 4.79 Å². The molecule has 0 radical (unpaired) electrons. The summed E-state index contributed by atoms with van der Waals surface area (Å²) in [6.45, 7) is 6.27. The molecule has 1 aliphatic heterocycles. The fourth-order valence-electron chi connectivity index (χ4n) is 3.97. The highest BCUT2D eigenvalue weighted by Crippen LogP contribution is 2.40. The van der Waals surface area contributed by atoms with Gasteiger partial charge in [-0.05, 0) is 33.6 Å². The number of ether oxygens (including phenoxy) is 1. The number of carbonyl (C=O) groups is 1. The van der Waals surface area contributed by atoms with E-state index < -0.39 is 5.60 Å². The molecule has 1 amide bonds. The summed E-state index contributed by atoms with van der Waals surface area (Å²) < 4.78 is 5.92. The van der Waals surface area contributed by atoms with Crippen molar-refractivity contribution in [1.82, 2.24) is 19.9 Å². The van der Waals surface area contributed by atoms with E-state index in [0.29, 0.717) is 34.8 Å². The third kappa shape index (κ3) is 3.89. The van der Waals surface area contributed by atoms with Crippen molar-refractivity contribution in [3.8, 4) is 5.75 Å². The van der Waals surface area contributed by atoms with Crippen molar-refractivity contribution in [3.63, 3.8) is 0 Å². The number of carbonyl (C=O) groups excluding carboxylic acids is 1. The summed E-state index contributed by atoms with van der Waals surface area (Å²) >= 11 is 0. The molecule has 1 saturated carbocycles. The maximum Gasteiger partial charge on any atom is 0.272 e. The lowest BCUT2D eigenvalue weighted by atomic mass is 10.0. The number of aromatic nitrogens is 4. The topological polar surface area (TPSA) is 120 Å². The number of amides is 1. The molecule has 2 aromatic rings. The molecule has 0 aromatic carbocycles. The van der Waals surface area contributed by atoms with Crippen LogP contribution in [-0.4, -0.2) is 57.3 Å². The SMILES string of the molecule is CCN(C)c1nc(Nc2ncc3c(n2)N(C2CCCC2)C(=O)C(C)(C)O3)cnc1C=N. The Labute approximate surface area is 181 Å². The second kappa shape index (κ2) is 8.09. The van der Waals surface area contributed by atoms with Gasteiger partial charge in [0, 0.05) is 25.8 Å². The van der Waals surface area contributed by atoms with E-state index in [2.05, 4.69) is 25.3 Å². The minimum atomic E-state index is -0.957. The molecular formula is C21H28N8O2. The Morgan fingerprint density at radius 3 is 2.71 bits per heavy atom. The summed E-state index contributed by atoms with van der Waals surface area (Å²) in [6, 6.07) is 0.119. The smallest absolute Gasteiger partial charge is 0.272 e. The third-order valence-corrected chi connectivity index (χ3v) is 5.75. The van der Waals surface area contributed by atoms with Crippen LogP contribution in [0, 0.1) is 5.41 Å². The molecule has 4 rings (SSSR count). The maximum atomic E-state index is 13.2. The average molecular weight is 425 g/mol. The predicted octanol–water partition coefficient (Wildman–Crippen LogP) is 2.91. The van der Waals surface area contributed by atoms with E-state index in [1.54, 1.807) is 24.9 Å². The molecule has 2 aliphatic rings. The van der Waals surface area contributed by atoms with Gasteiger partial charge < -0.3 is 20.4 Å². The molecule has 1 fully saturated rings. The molecule has 3 heterocycles. The summed E-state index contributed by atoms with van der Waals surface area (Å²) in [7, 11) is 1.89. The van der Waals surface area contributed by atoms with Gasteiger partial charge in [0.1, 0.15) is 5.69 Å². The lowest BCUT2D eigenvalue weighted by Crippen LogP contribution is -2.55. The van der Waals surface area contributed by atoms with Crippen LogP contribution >= 0.6 is 0 Å². The monoisotopic (exact) mass is 424 g/mol. The lowest BCUT2D eigenvalue weighted by molar-refractivity contribution is -0.133. The van der Waals surface area contributed by atoms with Gasteiger partial charge in [-0.15, -0.1) is 0 Å². The van der Waals surface area contributed by atoms with Crippen LogP contribution in [0.4, 0.5) is 23.4 Å². The summed E-state index contributed by atoms with van der Waals surface area (Å²) in [4.78, 5) is 34.7. The van der Waals surface area contributed by atoms with E-state index in [-0.39, 0.29) is 11.9 Å². The fourth-order valence-corrected chi connectivity index (χ4v) is 3.97. The minimum absolute atomic E-state index is 0.0847. The van der Waals surface area contributed by atoms with E-state index in [9.17, 15) is 4.79 Å². The van der Waals surface area contributed by atoms with Crippen LogP contribution < -0.4 is 19.9 Å². The van der Waals surface area contributed by atoms with Gasteiger partial charge in [-0.3, -0.25) is 9.69 Å². The van der Waals surface area contributed by atoms with E-state index >= 15 is 0 Å². The molecule has 0 atom stereocenters. The molecule has 0 bridgehead atoms. The van der Waals surface area contributed by atoms with Crippen molar-refractivity contribution in [3.05, 3.63) is 18.1 Å². The number of nitrogens with zero attached hydrogens (tertiary/aromatic N) is 6. The van der Waals surface area contributed by atoms with E-state index in [1.807, 2.05) is 18.9 Å². The Balaban J connectivity index is 1.68. The van der Waals surface area contributed by atoms with Gasteiger partial charge in [-0.1, -0.05) is 12.8 Å². The molecule has 0 spiro atoms. The molecule has 0 saturated heterocycles. The molecule has 0 unspecified atom stereocenters. The third-order valence-electron chi connectivity index (χ3n) is 5.75. The maximum absolute atomic E-state index is 13.2. The van der Waals surface area contributed by atoms with Crippen molar-refractivity contribution in [1.29, 1.82) is 5.41 Å². The van der Waals surface area contributed by atoms with E-state index in [0.717, 1.165) is 32.2 Å². The Morgan fingerprint density at radius 2 is 2.03 bits per heavy atom. The first-order valence-electron chi connectivity index (χ1n) is 10.6. The van der Waals surface area contributed by atoms with Gasteiger partial charge >= 0.3 is 0 Å². The number of fused-ring (bicyclic) bond motifs is 1. The van der Waals surface area contributed by atoms with Crippen molar-refractivity contribution in [2.45, 2.75) is 58.1 Å². The van der Waals surface area contributed by atoms with Gasteiger partial charge in [0.15, 0.2) is 28.8 Å². The summed E-state index contributed by atoms with van der Waals surface area (Å²) in [5.74, 6) is 2.26. The summed E-state index contributed by atoms with van der Waals surface area (Å²) in [5, 5.41) is 10.6. The zero-order chi connectivity index (χ0) is 22.2. The average Bonchev–Trinajstić information content (AvgIpc) is 3.28. The molecule has 10 heteroatoms. The quantitative estimate of drug-likeness (QED) is 0.679. The second-order valence-electron chi connectivity index (χ2n) is 8.35. The zero-order valence-corrected chi connectivity index (χ0v) is 18.3. The largest absolute Gasteiger partial charge is 0.472 e. The van der Waals surface area contributed by atoms with Crippen LogP contribution in [0.15, 0.2) is 12.4 Å². The Kier molecular flexibility index (Phi) is 5.47. The summed E-state index contributed by atoms with van der Waals surface area (Å²) in [5.41, 5.74) is -0.475. The van der Waals surface area contributed by atoms with E-state index in [1.165, 1.54) is 12.4 Å². The normalized spacial score (nSPS) is 17.8. The number of nitrogens with one attached hydrogen (secondary N) is 2. The van der Waals surface area contributed by atoms with Crippen LogP contribution in [0.25, 0.3) is 0 Å². The van der Waals surface area contributed by atoms with Crippen LogP contribution in [0.2, 0.25) is 0 Å². The van der Waals surface area contributed by atoms with Crippen LogP contribution in [0.3, 0.4) is 0 Å². The van der Waals surface area contributed by atoms with Gasteiger partial charge in [-0.25, -0.2) is 15.0 Å². The minimum Gasteiger partial charge on any atom is -0.472 e. The molecular weight excluding hydrogens is 396 g/mol. The van der Waals surface area contributed by atoms with Crippen LogP contribution in [0.5, 0.6) is 5.75 Å². The highest BCUT2D eigenvalue weighted by Gasteiger charge is 2.45. The van der Waals surface area contributed by atoms with Gasteiger partial charge in [0.2, 0.25) is 5.95 Å². The van der Waals surface area contributed by atoms with Crippen molar-refractivity contribution >= 4 is 35.5 Å². The van der Waals surface area contributed by atoms with Gasteiger partial charge in [0.05, 0.1) is 12.4 Å². The predicted molar refractivity (Wildman–Crippen MR) is 119 cm³/mol. The Morgan fingerprint density at radius 1 is 1.29 bits per heavy atom. The van der Waals surface area contributed by atoms with Gasteiger partial charge in [0.25, 0.3) is 5.91 Å². The zero-order valence-electron chi connectivity index (χ0n) is 18.3. The molecule has 1 aliphatic carbocycles. The highest BCUT2D eigenvalue weighted by atomic mass is 16.5. The van der Waals surface area contributed by atoms with Crippen LogP contribution in [0.1, 0.15) is 52.1 Å². The summed E-state index contributed by atoms with van der Waals surface area (Å²) in [6.07, 6.45) is 8.43. The number of hydrogen-bond donors (Lipinski definition) is 2. The molecule has 2 aromatic heterocycles. The standard InChI is InChI=1S/C21H28N8O2/c1-5-28(4)17-14(10-22)23-12-16(25-17)26-20-24-11-15-18(27-20)29(13-8-6-7-9-13)19(30)21(2,3)31-15/h10-13,22H,5-9H2,1-4H3,(H,24,25,26,27). The van der Waals surface area contributed by atoms with Crippen molar-refractivity contribution < 1.29 is 9.53 Å². The first-order valence-corrected chi connectivity index (χ1v) is 10.6. The first kappa shape index (κ1) is 21.0. The number of anilines is 4. The lowest BCUT2D eigenvalue weighted by Gasteiger charge is -2.40. The van der Waals surface area contributed by atoms with Crippen molar-refractivity contribution in [2.24, 2.45) is 0 Å².